The zero-order chi connectivity index (χ0) is 14.5. The van der Waals surface area contributed by atoms with Gasteiger partial charge in [-0.2, -0.15) is 0 Å². The predicted molar refractivity (Wildman–Crippen MR) is 90.3 cm³/mol. The fourth-order valence-corrected chi connectivity index (χ4v) is 3.26. The first-order chi connectivity index (χ1) is 9.61. The molecular formula is C16H24Cl2N2O. The van der Waals surface area contributed by atoms with E-state index in [9.17, 15) is 4.79 Å². The number of aryl methyl sites for hydroxylation is 1. The molecule has 0 spiro atoms. The van der Waals surface area contributed by atoms with Gasteiger partial charge in [0, 0.05) is 23.2 Å². The fourth-order valence-electron chi connectivity index (χ4n) is 3.03. The molecule has 21 heavy (non-hydrogen) atoms. The minimum Gasteiger partial charge on any atom is -0.348 e. The molecule has 1 amide bonds. The highest BCUT2D eigenvalue weighted by Gasteiger charge is 2.24. The van der Waals surface area contributed by atoms with Crippen LogP contribution in [-0.4, -0.2) is 18.5 Å². The molecule has 118 valence electrons. The molecule has 3 nitrogen and oxygen atoms in total. The van der Waals surface area contributed by atoms with Gasteiger partial charge in [0.25, 0.3) is 5.91 Å². The molecule has 1 unspecified atom stereocenters. The third-order valence-electron chi connectivity index (χ3n) is 4.22. The molecule has 1 aromatic rings. The fraction of sp³-hybridized carbons (Fsp3) is 0.562. The second-order valence-corrected chi connectivity index (χ2v) is 6.11. The van der Waals surface area contributed by atoms with Crippen molar-refractivity contribution in [2.24, 2.45) is 11.7 Å². The summed E-state index contributed by atoms with van der Waals surface area (Å²) in [5, 5.41) is 3.76. The molecule has 1 saturated carbocycles. The van der Waals surface area contributed by atoms with Gasteiger partial charge in [0.15, 0.2) is 0 Å². The highest BCUT2D eigenvalue weighted by Crippen LogP contribution is 2.26. The van der Waals surface area contributed by atoms with Crippen molar-refractivity contribution in [3.05, 3.63) is 34.3 Å². The van der Waals surface area contributed by atoms with E-state index in [-0.39, 0.29) is 24.4 Å². The summed E-state index contributed by atoms with van der Waals surface area (Å²) in [5.74, 6) is 0.477. The maximum absolute atomic E-state index is 12.4. The number of benzene rings is 1. The smallest absolute Gasteiger partial charge is 0.251 e. The molecule has 0 heterocycles. The van der Waals surface area contributed by atoms with Gasteiger partial charge < -0.3 is 11.1 Å². The number of carbonyl (C=O) groups is 1. The molecule has 1 fully saturated rings. The van der Waals surface area contributed by atoms with Crippen molar-refractivity contribution in [1.82, 2.24) is 5.32 Å². The van der Waals surface area contributed by atoms with Crippen molar-refractivity contribution in [2.45, 2.75) is 45.1 Å². The first-order valence-electron chi connectivity index (χ1n) is 7.39. The Morgan fingerprint density at radius 2 is 2.05 bits per heavy atom. The minimum atomic E-state index is -0.0415. The minimum absolute atomic E-state index is 0. The number of hydrogen-bond donors (Lipinski definition) is 2. The largest absolute Gasteiger partial charge is 0.348 e. The molecule has 2 rings (SSSR count). The van der Waals surface area contributed by atoms with Crippen LogP contribution < -0.4 is 11.1 Å². The molecule has 0 aromatic heterocycles. The maximum atomic E-state index is 12.4. The van der Waals surface area contributed by atoms with E-state index in [1.54, 1.807) is 12.1 Å². The molecule has 0 radical (unpaired) electrons. The van der Waals surface area contributed by atoms with Crippen LogP contribution in [0.25, 0.3) is 0 Å². The molecule has 1 aliphatic rings. The molecule has 0 saturated heterocycles. The molecule has 1 atom stereocenters. The van der Waals surface area contributed by atoms with Crippen LogP contribution >= 0.6 is 24.0 Å². The number of rotatable bonds is 4. The Morgan fingerprint density at radius 1 is 1.38 bits per heavy atom. The van der Waals surface area contributed by atoms with Gasteiger partial charge in [-0.05, 0) is 49.4 Å². The Kier molecular flexibility index (Phi) is 7.50. The highest BCUT2D eigenvalue weighted by atomic mass is 35.5. The predicted octanol–water partition coefficient (Wildman–Crippen LogP) is 3.71. The van der Waals surface area contributed by atoms with Gasteiger partial charge >= 0.3 is 0 Å². The topological polar surface area (TPSA) is 55.1 Å². The Hall–Kier alpha value is -0.770. The summed E-state index contributed by atoms with van der Waals surface area (Å²) >= 11 is 5.92. The number of nitrogens with two attached hydrogens (primary N) is 1. The Morgan fingerprint density at radius 3 is 2.62 bits per heavy atom. The van der Waals surface area contributed by atoms with Gasteiger partial charge in [-0.3, -0.25) is 4.79 Å². The van der Waals surface area contributed by atoms with Crippen LogP contribution in [0, 0.1) is 12.8 Å². The van der Waals surface area contributed by atoms with E-state index >= 15 is 0 Å². The third kappa shape index (κ3) is 4.87. The van der Waals surface area contributed by atoms with Crippen LogP contribution in [0.4, 0.5) is 0 Å². The first-order valence-corrected chi connectivity index (χ1v) is 7.76. The van der Waals surface area contributed by atoms with Gasteiger partial charge in [-0.1, -0.05) is 30.9 Å². The maximum Gasteiger partial charge on any atom is 0.251 e. The van der Waals surface area contributed by atoms with Crippen LogP contribution in [-0.2, 0) is 0 Å². The lowest BCUT2D eigenvalue weighted by Gasteiger charge is -2.30. The van der Waals surface area contributed by atoms with Gasteiger partial charge in [0.05, 0.1) is 0 Å². The van der Waals surface area contributed by atoms with Crippen molar-refractivity contribution in [3.8, 4) is 0 Å². The van der Waals surface area contributed by atoms with Crippen molar-refractivity contribution in [3.63, 3.8) is 0 Å². The third-order valence-corrected chi connectivity index (χ3v) is 4.46. The zero-order valence-electron chi connectivity index (χ0n) is 12.4. The Bertz CT molecular complexity index is 473. The van der Waals surface area contributed by atoms with Crippen molar-refractivity contribution < 1.29 is 4.79 Å². The lowest BCUT2D eigenvalue weighted by atomic mass is 9.83. The number of carbonyl (C=O) groups excluding carboxylic acids is 1. The monoisotopic (exact) mass is 330 g/mol. The molecule has 0 aliphatic heterocycles. The number of hydrogen-bond acceptors (Lipinski definition) is 2. The van der Waals surface area contributed by atoms with E-state index in [1.807, 2.05) is 13.0 Å². The van der Waals surface area contributed by atoms with Gasteiger partial charge in [0.1, 0.15) is 0 Å². The lowest BCUT2D eigenvalue weighted by Crippen LogP contribution is -2.46. The lowest BCUT2D eigenvalue weighted by molar-refractivity contribution is 0.0915. The highest BCUT2D eigenvalue weighted by molar-refractivity contribution is 6.30. The summed E-state index contributed by atoms with van der Waals surface area (Å²) in [7, 11) is 0. The van der Waals surface area contributed by atoms with E-state index in [4.69, 9.17) is 17.3 Å². The first kappa shape index (κ1) is 18.3. The quantitative estimate of drug-likeness (QED) is 0.884. The van der Waals surface area contributed by atoms with Crippen molar-refractivity contribution >= 4 is 29.9 Å². The summed E-state index contributed by atoms with van der Waals surface area (Å²) in [6.45, 7) is 2.40. The summed E-state index contributed by atoms with van der Waals surface area (Å²) in [6, 6.07) is 5.43. The Labute approximate surface area is 138 Å². The van der Waals surface area contributed by atoms with Crippen LogP contribution in [0.3, 0.4) is 0 Å². The van der Waals surface area contributed by atoms with Crippen molar-refractivity contribution in [1.29, 1.82) is 0 Å². The molecule has 3 N–H and O–H groups in total. The molecule has 1 aromatic carbocycles. The van der Waals surface area contributed by atoms with Gasteiger partial charge in [-0.25, -0.2) is 0 Å². The van der Waals surface area contributed by atoms with Gasteiger partial charge in [-0.15, -0.1) is 12.4 Å². The zero-order valence-corrected chi connectivity index (χ0v) is 14.0. The summed E-state index contributed by atoms with van der Waals surface area (Å²) < 4.78 is 0. The summed E-state index contributed by atoms with van der Waals surface area (Å²) in [4.78, 5) is 12.4. The van der Waals surface area contributed by atoms with Crippen LogP contribution in [0.1, 0.15) is 48.0 Å². The number of halogens is 2. The summed E-state index contributed by atoms with van der Waals surface area (Å²) in [6.07, 6.45) is 6.13. The van der Waals surface area contributed by atoms with Crippen LogP contribution in [0.2, 0.25) is 5.02 Å². The Balaban J connectivity index is 0.00000220. The number of amides is 1. The standard InChI is InChI=1S/C16H23ClN2O.ClH/c1-11-9-13(17)7-8-14(11)16(20)19-15(10-18)12-5-3-2-4-6-12;/h7-9,12,15H,2-6,10,18H2,1H3,(H,19,20);1H. The average molecular weight is 331 g/mol. The summed E-state index contributed by atoms with van der Waals surface area (Å²) in [5.41, 5.74) is 7.44. The average Bonchev–Trinajstić information content (AvgIpc) is 2.45. The van der Waals surface area contributed by atoms with Crippen molar-refractivity contribution in [2.75, 3.05) is 6.54 Å². The van der Waals surface area contributed by atoms with Crippen LogP contribution in [0.5, 0.6) is 0 Å². The second-order valence-electron chi connectivity index (χ2n) is 5.67. The molecule has 1 aliphatic carbocycles. The normalized spacial score (nSPS) is 16.9. The van der Waals surface area contributed by atoms with E-state index in [0.29, 0.717) is 23.0 Å². The van der Waals surface area contributed by atoms with E-state index in [1.165, 1.54) is 32.1 Å². The van der Waals surface area contributed by atoms with Crippen LogP contribution in [0.15, 0.2) is 18.2 Å². The number of nitrogens with one attached hydrogen (secondary N) is 1. The van der Waals surface area contributed by atoms with Gasteiger partial charge in [0.2, 0.25) is 0 Å². The molecule has 0 bridgehead atoms. The molecule has 5 heteroatoms. The molecular weight excluding hydrogens is 307 g/mol. The van der Waals surface area contributed by atoms with E-state index < -0.39 is 0 Å². The van der Waals surface area contributed by atoms with E-state index in [0.717, 1.165) is 5.56 Å². The second kappa shape index (κ2) is 8.62. The SMILES string of the molecule is Cc1cc(Cl)ccc1C(=O)NC(CN)C1CCCCC1.Cl. The van der Waals surface area contributed by atoms with E-state index in [2.05, 4.69) is 5.32 Å².